The summed E-state index contributed by atoms with van der Waals surface area (Å²) in [7, 11) is 0. The number of benzene rings is 2. The Kier molecular flexibility index (Phi) is 7.64. The minimum absolute atomic E-state index is 0.0849. The number of hydrogen-bond acceptors (Lipinski definition) is 6. The van der Waals surface area contributed by atoms with Gasteiger partial charge in [-0.15, -0.1) is 5.10 Å². The smallest absolute Gasteiger partial charge is 0.416 e. The molecule has 2 aromatic heterocycles. The molecular formula is C26H20ClF3N6O2. The topological polar surface area (TPSA) is 106 Å². The Hall–Kier alpha value is -4.43. The maximum atomic E-state index is 13.6. The van der Waals surface area contributed by atoms with E-state index in [0.717, 1.165) is 12.1 Å². The van der Waals surface area contributed by atoms with Gasteiger partial charge in [-0.1, -0.05) is 29.8 Å². The van der Waals surface area contributed by atoms with E-state index in [0.29, 0.717) is 33.6 Å². The summed E-state index contributed by atoms with van der Waals surface area (Å²) in [5.41, 5.74) is -0.351. The van der Waals surface area contributed by atoms with Crippen molar-refractivity contribution in [1.82, 2.24) is 25.1 Å². The molecule has 0 unspecified atom stereocenters. The van der Waals surface area contributed by atoms with Gasteiger partial charge >= 0.3 is 6.18 Å². The third-order valence-corrected chi connectivity index (χ3v) is 5.78. The molecule has 38 heavy (non-hydrogen) atoms. The SMILES string of the molecule is Cc1nc([C@H](C)NC(=O)c2cc(OCc3ccccc3Cl)cc(C(F)(F)F)c2)n(-c2ccc(C#N)cn2)n1. The Labute approximate surface area is 220 Å². The standard InChI is InChI=1S/C26H20ClF3N6O2/c1-15(24-34-16(2)35-36(24)23-8-7-17(12-31)13-32-23)33-25(37)19-9-20(26(28,29)30)11-21(10-19)38-14-18-5-3-4-6-22(18)27/h3-11,13,15H,14H2,1-2H3,(H,33,37)/t15-/m0/s1. The second-order valence-corrected chi connectivity index (χ2v) is 8.67. The van der Waals surface area contributed by atoms with Gasteiger partial charge in [0.1, 0.15) is 24.3 Å². The Morgan fingerprint density at radius 3 is 2.63 bits per heavy atom. The van der Waals surface area contributed by atoms with Crippen molar-refractivity contribution in [3.8, 4) is 17.6 Å². The lowest BCUT2D eigenvalue weighted by atomic mass is 10.1. The lowest BCUT2D eigenvalue weighted by Gasteiger charge is -2.16. The fourth-order valence-electron chi connectivity index (χ4n) is 3.56. The first-order valence-corrected chi connectivity index (χ1v) is 11.6. The summed E-state index contributed by atoms with van der Waals surface area (Å²) in [4.78, 5) is 21.6. The van der Waals surface area contributed by atoms with E-state index in [1.165, 1.54) is 16.9 Å². The van der Waals surface area contributed by atoms with Crippen molar-refractivity contribution in [2.75, 3.05) is 0 Å². The van der Waals surface area contributed by atoms with Gasteiger partial charge < -0.3 is 10.1 Å². The third kappa shape index (κ3) is 6.10. The van der Waals surface area contributed by atoms with Crippen molar-refractivity contribution in [2.24, 2.45) is 0 Å². The molecule has 0 spiro atoms. The molecule has 0 aliphatic rings. The molecule has 1 N–H and O–H groups in total. The number of halogens is 4. The minimum Gasteiger partial charge on any atom is -0.489 e. The Morgan fingerprint density at radius 1 is 1.21 bits per heavy atom. The van der Waals surface area contributed by atoms with Crippen LogP contribution in [0.4, 0.5) is 13.2 Å². The van der Waals surface area contributed by atoms with Crippen LogP contribution in [0.2, 0.25) is 5.02 Å². The molecule has 0 radical (unpaired) electrons. The summed E-state index contributed by atoms with van der Waals surface area (Å²) in [5, 5.41) is 16.3. The van der Waals surface area contributed by atoms with E-state index in [1.807, 2.05) is 6.07 Å². The summed E-state index contributed by atoms with van der Waals surface area (Å²) in [5.74, 6) is 0.136. The van der Waals surface area contributed by atoms with E-state index in [-0.39, 0.29) is 17.9 Å². The molecule has 1 amide bonds. The van der Waals surface area contributed by atoms with Crippen molar-refractivity contribution >= 4 is 17.5 Å². The van der Waals surface area contributed by atoms with Crippen molar-refractivity contribution in [1.29, 1.82) is 5.26 Å². The van der Waals surface area contributed by atoms with Crippen LogP contribution < -0.4 is 10.1 Å². The summed E-state index contributed by atoms with van der Waals surface area (Å²) in [6.07, 6.45) is -3.34. The number of carbonyl (C=O) groups is 1. The number of aryl methyl sites for hydroxylation is 1. The van der Waals surface area contributed by atoms with Crippen LogP contribution in [0, 0.1) is 18.3 Å². The van der Waals surface area contributed by atoms with Gasteiger partial charge in [-0.3, -0.25) is 4.79 Å². The van der Waals surface area contributed by atoms with E-state index >= 15 is 0 Å². The van der Waals surface area contributed by atoms with Crippen molar-refractivity contribution in [3.63, 3.8) is 0 Å². The van der Waals surface area contributed by atoms with Crippen molar-refractivity contribution in [3.05, 3.63) is 99.7 Å². The van der Waals surface area contributed by atoms with Gasteiger partial charge in [0.2, 0.25) is 0 Å². The van der Waals surface area contributed by atoms with Crippen LogP contribution in [0.3, 0.4) is 0 Å². The summed E-state index contributed by atoms with van der Waals surface area (Å²) in [6.45, 7) is 3.18. The molecule has 4 rings (SSSR count). The van der Waals surface area contributed by atoms with Gasteiger partial charge in [-0.05, 0) is 50.2 Å². The molecule has 0 fully saturated rings. The third-order valence-electron chi connectivity index (χ3n) is 5.42. The number of amides is 1. The first kappa shape index (κ1) is 26.6. The predicted molar refractivity (Wildman–Crippen MR) is 132 cm³/mol. The number of aromatic nitrogens is 4. The van der Waals surface area contributed by atoms with Gasteiger partial charge in [0.05, 0.1) is 17.2 Å². The zero-order chi connectivity index (χ0) is 27.4. The van der Waals surface area contributed by atoms with E-state index in [1.54, 1.807) is 50.2 Å². The molecule has 4 aromatic rings. The van der Waals surface area contributed by atoms with Crippen LogP contribution >= 0.6 is 11.6 Å². The molecule has 0 aliphatic heterocycles. The predicted octanol–water partition coefficient (Wildman–Crippen LogP) is 5.58. The molecule has 2 heterocycles. The van der Waals surface area contributed by atoms with E-state index in [9.17, 15) is 18.0 Å². The number of carbonyl (C=O) groups excluding carboxylic acids is 1. The highest BCUT2D eigenvalue weighted by atomic mass is 35.5. The number of pyridine rings is 1. The molecular weight excluding hydrogens is 521 g/mol. The number of hydrogen-bond donors (Lipinski definition) is 1. The van der Waals surface area contributed by atoms with Crippen LogP contribution in [0.5, 0.6) is 5.75 Å². The first-order chi connectivity index (χ1) is 18.0. The average molecular weight is 541 g/mol. The fourth-order valence-corrected chi connectivity index (χ4v) is 3.75. The van der Waals surface area contributed by atoms with Crippen molar-refractivity contribution < 1.29 is 22.7 Å². The number of nitriles is 1. The highest BCUT2D eigenvalue weighted by Crippen LogP contribution is 2.33. The van der Waals surface area contributed by atoms with Crippen LogP contribution in [0.15, 0.2) is 60.8 Å². The zero-order valence-electron chi connectivity index (χ0n) is 20.1. The number of nitrogens with zero attached hydrogens (tertiary/aromatic N) is 5. The molecule has 0 aliphatic carbocycles. The highest BCUT2D eigenvalue weighted by molar-refractivity contribution is 6.31. The Morgan fingerprint density at radius 2 is 1.97 bits per heavy atom. The van der Waals surface area contributed by atoms with Gasteiger partial charge in [-0.2, -0.15) is 23.1 Å². The number of ether oxygens (including phenoxy) is 1. The second kappa shape index (κ2) is 10.9. The number of nitrogens with one attached hydrogen (secondary N) is 1. The van der Waals surface area contributed by atoms with Gasteiger partial charge in [0.15, 0.2) is 11.6 Å². The van der Waals surface area contributed by atoms with Gasteiger partial charge in [0, 0.05) is 22.3 Å². The largest absolute Gasteiger partial charge is 0.489 e. The highest BCUT2D eigenvalue weighted by Gasteiger charge is 2.32. The van der Waals surface area contributed by atoms with Crippen LogP contribution in [-0.4, -0.2) is 25.7 Å². The summed E-state index contributed by atoms with van der Waals surface area (Å²) < 4.78 is 47.8. The molecule has 8 nitrogen and oxygen atoms in total. The maximum absolute atomic E-state index is 13.6. The molecule has 194 valence electrons. The lowest BCUT2D eigenvalue weighted by Crippen LogP contribution is -2.29. The second-order valence-electron chi connectivity index (χ2n) is 8.26. The van der Waals surface area contributed by atoms with Crippen molar-refractivity contribution in [2.45, 2.75) is 32.7 Å². The van der Waals surface area contributed by atoms with E-state index < -0.39 is 23.7 Å². The minimum atomic E-state index is -4.71. The van der Waals surface area contributed by atoms with Crippen LogP contribution in [0.25, 0.3) is 5.82 Å². The Balaban J connectivity index is 1.59. The maximum Gasteiger partial charge on any atom is 0.416 e. The normalized spacial score (nSPS) is 12.0. The average Bonchev–Trinajstić information content (AvgIpc) is 3.29. The number of alkyl halides is 3. The summed E-state index contributed by atoms with van der Waals surface area (Å²) >= 11 is 6.11. The zero-order valence-corrected chi connectivity index (χ0v) is 20.9. The monoisotopic (exact) mass is 540 g/mol. The molecule has 0 bridgehead atoms. The van der Waals surface area contributed by atoms with E-state index in [4.69, 9.17) is 21.6 Å². The number of rotatable bonds is 7. The summed E-state index contributed by atoms with van der Waals surface area (Å²) in [6, 6.07) is 13.9. The molecule has 12 heteroatoms. The molecule has 2 aromatic carbocycles. The lowest BCUT2D eigenvalue weighted by molar-refractivity contribution is -0.137. The molecule has 0 saturated heterocycles. The van der Waals surface area contributed by atoms with Crippen LogP contribution in [0.1, 0.15) is 51.7 Å². The fraction of sp³-hybridized carbons (Fsp3) is 0.192. The Bertz CT molecular complexity index is 1510. The van der Waals surface area contributed by atoms with E-state index in [2.05, 4.69) is 20.4 Å². The quantitative estimate of drug-likeness (QED) is 0.328. The first-order valence-electron chi connectivity index (χ1n) is 11.2. The van der Waals surface area contributed by atoms with Gasteiger partial charge in [0.25, 0.3) is 5.91 Å². The van der Waals surface area contributed by atoms with Crippen LogP contribution in [-0.2, 0) is 12.8 Å². The van der Waals surface area contributed by atoms with Gasteiger partial charge in [-0.25, -0.2) is 9.97 Å². The molecule has 0 saturated carbocycles. The molecule has 1 atom stereocenters.